The van der Waals surface area contributed by atoms with Crippen LogP contribution < -0.4 is 0 Å². The van der Waals surface area contributed by atoms with Gasteiger partial charge in [-0.25, -0.2) is 4.79 Å². The largest absolute Gasteiger partial charge is 0.508 e. The summed E-state index contributed by atoms with van der Waals surface area (Å²) >= 11 is 0. The van der Waals surface area contributed by atoms with Crippen LogP contribution in [0.4, 0.5) is 0 Å². The Labute approximate surface area is 81.6 Å². The first-order valence-electron chi connectivity index (χ1n) is 4.26. The molecule has 1 fully saturated rings. The number of carbonyl (C=O) groups is 1. The third-order valence-corrected chi connectivity index (χ3v) is 2.29. The highest BCUT2D eigenvalue weighted by Crippen LogP contribution is 2.29. The highest BCUT2D eigenvalue weighted by molar-refractivity contribution is 5.82. The topological polar surface area (TPSA) is 87.0 Å². The fraction of sp³-hybridized carbons (Fsp3) is 0.667. The number of rotatable bonds is 1. The van der Waals surface area contributed by atoms with Crippen LogP contribution in [0.2, 0.25) is 0 Å². The molecule has 14 heavy (non-hydrogen) atoms. The molecule has 0 bridgehead atoms. The van der Waals surface area contributed by atoms with E-state index >= 15 is 0 Å². The number of carbonyl (C=O) groups excluding carboxylic acids is 1. The maximum absolute atomic E-state index is 11.1. The van der Waals surface area contributed by atoms with E-state index in [1.165, 1.54) is 0 Å². The van der Waals surface area contributed by atoms with Gasteiger partial charge in [0.1, 0.15) is 11.9 Å². The van der Waals surface area contributed by atoms with Gasteiger partial charge in [-0.1, -0.05) is 0 Å². The molecular weight excluding hydrogens is 188 g/mol. The van der Waals surface area contributed by atoms with Gasteiger partial charge in [-0.05, 0) is 26.3 Å². The van der Waals surface area contributed by atoms with Crippen molar-refractivity contribution in [2.24, 2.45) is 0 Å². The lowest BCUT2D eigenvalue weighted by atomic mass is 9.96. The second-order valence-electron chi connectivity index (χ2n) is 3.80. The van der Waals surface area contributed by atoms with Crippen molar-refractivity contribution in [2.45, 2.75) is 38.6 Å². The van der Waals surface area contributed by atoms with Crippen molar-refractivity contribution in [1.29, 1.82) is 0 Å². The van der Waals surface area contributed by atoms with Gasteiger partial charge in [0.15, 0.2) is 11.7 Å². The highest BCUT2D eigenvalue weighted by atomic mass is 16.6. The van der Waals surface area contributed by atoms with E-state index in [0.29, 0.717) is 5.57 Å². The van der Waals surface area contributed by atoms with E-state index < -0.39 is 23.8 Å². The minimum Gasteiger partial charge on any atom is -0.508 e. The van der Waals surface area contributed by atoms with E-state index in [1.807, 2.05) is 0 Å². The molecule has 0 amide bonds. The molecule has 0 unspecified atom stereocenters. The first kappa shape index (κ1) is 11.0. The van der Waals surface area contributed by atoms with Crippen LogP contribution >= 0.6 is 0 Å². The van der Waals surface area contributed by atoms with Gasteiger partial charge in [-0.2, -0.15) is 0 Å². The molecule has 3 N–H and O–H groups in total. The minimum absolute atomic E-state index is 0.219. The number of hydrogen-bond donors (Lipinski definition) is 3. The van der Waals surface area contributed by atoms with Gasteiger partial charge in [0.25, 0.3) is 0 Å². The van der Waals surface area contributed by atoms with Crippen LogP contribution in [0.3, 0.4) is 0 Å². The summed E-state index contributed by atoms with van der Waals surface area (Å²) < 4.78 is 4.67. The summed E-state index contributed by atoms with van der Waals surface area (Å²) in [5.74, 6) is -1.15. The molecule has 1 saturated heterocycles. The first-order valence-corrected chi connectivity index (χ1v) is 4.26. The summed E-state index contributed by atoms with van der Waals surface area (Å²) in [5, 5.41) is 28.5. The summed E-state index contributed by atoms with van der Waals surface area (Å²) in [7, 11) is 0. The van der Waals surface area contributed by atoms with Gasteiger partial charge in [-0.15, -0.1) is 0 Å². The Hall–Kier alpha value is -1.07. The molecule has 1 rings (SSSR count). The zero-order valence-corrected chi connectivity index (χ0v) is 8.31. The Bertz CT molecular complexity index is 288. The van der Waals surface area contributed by atoms with Gasteiger partial charge >= 0.3 is 5.97 Å². The number of aliphatic hydroxyl groups excluding tert-OH is 2. The quantitative estimate of drug-likeness (QED) is 0.407. The Morgan fingerprint density at radius 2 is 2.00 bits per heavy atom. The van der Waals surface area contributed by atoms with Crippen LogP contribution in [-0.2, 0) is 9.53 Å². The summed E-state index contributed by atoms with van der Waals surface area (Å²) in [6.45, 7) is 4.38. The van der Waals surface area contributed by atoms with E-state index in [2.05, 4.69) is 4.74 Å². The number of hydrogen-bond acceptors (Lipinski definition) is 5. The highest BCUT2D eigenvalue weighted by Gasteiger charge is 2.54. The average Bonchev–Trinajstić information content (AvgIpc) is 2.28. The Balaban J connectivity index is 2.99. The summed E-state index contributed by atoms with van der Waals surface area (Å²) in [6, 6.07) is 0. The number of cyclic esters (lactones) is 1. The standard InChI is InChI=1S/C9H14O5/c1-4(2)5(10)6-7(11)9(3,13)8(12)14-6/h6-7,10-11,13H,1-3H3/t6-,7+,9-/m1/s1. The van der Waals surface area contributed by atoms with Crippen molar-refractivity contribution in [1.82, 2.24) is 0 Å². The third kappa shape index (κ3) is 1.49. The second kappa shape index (κ2) is 3.25. The van der Waals surface area contributed by atoms with Crippen LogP contribution in [0.25, 0.3) is 0 Å². The zero-order valence-electron chi connectivity index (χ0n) is 8.31. The number of aliphatic hydroxyl groups is 3. The molecule has 0 aromatic rings. The predicted molar refractivity (Wildman–Crippen MR) is 47.5 cm³/mol. The van der Waals surface area contributed by atoms with Crippen LogP contribution in [0, 0.1) is 0 Å². The van der Waals surface area contributed by atoms with Crippen LogP contribution in [0.1, 0.15) is 20.8 Å². The van der Waals surface area contributed by atoms with Crippen molar-refractivity contribution in [3.05, 3.63) is 11.3 Å². The maximum Gasteiger partial charge on any atom is 0.341 e. The number of allylic oxidation sites excluding steroid dienone is 1. The van der Waals surface area contributed by atoms with Crippen LogP contribution in [0.15, 0.2) is 11.3 Å². The molecule has 0 radical (unpaired) electrons. The summed E-state index contributed by atoms with van der Waals surface area (Å²) in [5.41, 5.74) is -1.42. The maximum atomic E-state index is 11.1. The third-order valence-electron chi connectivity index (χ3n) is 2.29. The molecule has 5 heteroatoms. The number of esters is 1. The van der Waals surface area contributed by atoms with Gasteiger partial charge in [0.2, 0.25) is 0 Å². The smallest absolute Gasteiger partial charge is 0.341 e. The van der Waals surface area contributed by atoms with Gasteiger partial charge in [0, 0.05) is 0 Å². The lowest BCUT2D eigenvalue weighted by Gasteiger charge is -2.18. The number of ether oxygens (including phenoxy) is 1. The van der Waals surface area contributed by atoms with Crippen LogP contribution in [-0.4, -0.2) is 39.1 Å². The second-order valence-corrected chi connectivity index (χ2v) is 3.80. The zero-order chi connectivity index (χ0) is 11.1. The van der Waals surface area contributed by atoms with E-state index in [4.69, 9.17) is 0 Å². The summed E-state index contributed by atoms with van der Waals surface area (Å²) in [4.78, 5) is 11.1. The Morgan fingerprint density at radius 3 is 2.29 bits per heavy atom. The van der Waals surface area contributed by atoms with Gasteiger partial charge < -0.3 is 20.1 Å². The van der Waals surface area contributed by atoms with Crippen molar-refractivity contribution in [3.63, 3.8) is 0 Å². The molecule has 1 heterocycles. The van der Waals surface area contributed by atoms with Crippen molar-refractivity contribution < 1.29 is 24.9 Å². The SMILES string of the molecule is CC(C)=C(O)[C@H]1OC(=O)[C@](C)(O)[C@H]1O. The van der Waals surface area contributed by atoms with E-state index in [9.17, 15) is 20.1 Å². The van der Waals surface area contributed by atoms with Gasteiger partial charge in [0.05, 0.1) is 0 Å². The lowest BCUT2D eigenvalue weighted by molar-refractivity contribution is -0.154. The molecule has 3 atom stereocenters. The van der Waals surface area contributed by atoms with Gasteiger partial charge in [-0.3, -0.25) is 0 Å². The molecule has 0 saturated carbocycles. The monoisotopic (exact) mass is 202 g/mol. The average molecular weight is 202 g/mol. The summed E-state index contributed by atoms with van der Waals surface area (Å²) in [6.07, 6.45) is -2.60. The fourth-order valence-electron chi connectivity index (χ4n) is 1.20. The van der Waals surface area contributed by atoms with Crippen molar-refractivity contribution in [2.75, 3.05) is 0 Å². The Kier molecular flexibility index (Phi) is 2.56. The van der Waals surface area contributed by atoms with Crippen molar-refractivity contribution >= 4 is 5.97 Å². The van der Waals surface area contributed by atoms with Crippen molar-refractivity contribution in [3.8, 4) is 0 Å². The first-order chi connectivity index (χ1) is 6.28. The molecule has 0 aromatic carbocycles. The fourth-order valence-corrected chi connectivity index (χ4v) is 1.20. The molecule has 0 aromatic heterocycles. The van der Waals surface area contributed by atoms with E-state index in [1.54, 1.807) is 13.8 Å². The normalized spacial score (nSPS) is 36.8. The van der Waals surface area contributed by atoms with E-state index in [-0.39, 0.29) is 5.76 Å². The van der Waals surface area contributed by atoms with E-state index in [0.717, 1.165) is 6.92 Å². The van der Waals surface area contributed by atoms with Crippen LogP contribution in [0.5, 0.6) is 0 Å². The molecule has 0 spiro atoms. The predicted octanol–water partition coefficient (Wildman–Crippen LogP) is -0.124. The molecule has 1 aliphatic rings. The molecule has 0 aliphatic carbocycles. The lowest BCUT2D eigenvalue weighted by Crippen LogP contribution is -2.43. The Morgan fingerprint density at radius 1 is 1.50 bits per heavy atom. The minimum atomic E-state index is -1.95. The molecule has 80 valence electrons. The molecule has 1 aliphatic heterocycles. The molecule has 5 nitrogen and oxygen atoms in total. The molecular formula is C9H14O5.